The maximum Gasteiger partial charge on any atom is 0.259 e. The van der Waals surface area contributed by atoms with Gasteiger partial charge in [-0.2, -0.15) is 0 Å². The van der Waals surface area contributed by atoms with E-state index in [4.69, 9.17) is 0 Å². The van der Waals surface area contributed by atoms with Gasteiger partial charge in [0, 0.05) is 23.2 Å². The summed E-state index contributed by atoms with van der Waals surface area (Å²) in [5.74, 6) is 0.000364. The summed E-state index contributed by atoms with van der Waals surface area (Å²) in [7, 11) is 0. The largest absolute Gasteiger partial charge is 0.290 e. The number of aromatic nitrogens is 3. The molecule has 5 heteroatoms. The highest BCUT2D eigenvalue weighted by Gasteiger charge is 2.09. The minimum Gasteiger partial charge on any atom is -0.290 e. The van der Waals surface area contributed by atoms with Gasteiger partial charge in [0.05, 0.1) is 16.6 Å². The third-order valence-corrected chi connectivity index (χ3v) is 3.57. The van der Waals surface area contributed by atoms with Gasteiger partial charge < -0.3 is 0 Å². The summed E-state index contributed by atoms with van der Waals surface area (Å²) in [5.41, 5.74) is 2.11. The molecular formula is C18H12N4O. The predicted molar refractivity (Wildman–Crippen MR) is 89.2 cm³/mol. The first-order valence-electron chi connectivity index (χ1n) is 7.17. The van der Waals surface area contributed by atoms with E-state index in [1.54, 1.807) is 18.5 Å². The van der Waals surface area contributed by atoms with Crippen molar-refractivity contribution in [2.75, 3.05) is 5.32 Å². The van der Waals surface area contributed by atoms with Crippen molar-refractivity contribution in [2.24, 2.45) is 0 Å². The van der Waals surface area contributed by atoms with Crippen molar-refractivity contribution < 1.29 is 4.79 Å². The Labute approximate surface area is 132 Å². The molecule has 0 saturated heterocycles. The van der Waals surface area contributed by atoms with Crippen LogP contribution in [0.3, 0.4) is 0 Å². The smallest absolute Gasteiger partial charge is 0.259 e. The molecule has 0 radical (unpaired) electrons. The van der Waals surface area contributed by atoms with Gasteiger partial charge in [0.1, 0.15) is 0 Å². The molecule has 5 nitrogen and oxygen atoms in total. The molecule has 0 aliphatic carbocycles. The second kappa shape index (κ2) is 5.46. The molecule has 2 aromatic carbocycles. The van der Waals surface area contributed by atoms with Gasteiger partial charge >= 0.3 is 0 Å². The number of rotatable bonds is 2. The number of pyridine rings is 1. The lowest BCUT2D eigenvalue weighted by molar-refractivity contribution is 0.102. The Morgan fingerprint density at radius 3 is 2.43 bits per heavy atom. The summed E-state index contributed by atoms with van der Waals surface area (Å²) in [4.78, 5) is 25.2. The van der Waals surface area contributed by atoms with Crippen molar-refractivity contribution in [3.05, 3.63) is 72.6 Å². The van der Waals surface area contributed by atoms with E-state index in [1.807, 2.05) is 48.5 Å². The summed E-state index contributed by atoms with van der Waals surface area (Å²) in [6, 6.07) is 17.1. The van der Waals surface area contributed by atoms with Crippen LogP contribution in [0.1, 0.15) is 10.4 Å². The third kappa shape index (κ3) is 2.60. The lowest BCUT2D eigenvalue weighted by Crippen LogP contribution is -2.14. The molecule has 1 amide bonds. The summed E-state index contributed by atoms with van der Waals surface area (Å²) >= 11 is 0. The molecule has 23 heavy (non-hydrogen) atoms. The van der Waals surface area contributed by atoms with E-state index in [0.717, 1.165) is 21.8 Å². The van der Waals surface area contributed by atoms with Gasteiger partial charge in [-0.1, -0.05) is 36.4 Å². The number of carbonyl (C=O) groups is 1. The number of hydrogen-bond acceptors (Lipinski definition) is 4. The maximum atomic E-state index is 12.4. The number of benzene rings is 2. The van der Waals surface area contributed by atoms with Crippen LogP contribution in [0.15, 0.2) is 67.0 Å². The quantitative estimate of drug-likeness (QED) is 0.616. The van der Waals surface area contributed by atoms with E-state index >= 15 is 0 Å². The minimum absolute atomic E-state index is 0.279. The Morgan fingerprint density at radius 1 is 0.826 bits per heavy atom. The van der Waals surface area contributed by atoms with E-state index < -0.39 is 0 Å². The zero-order valence-electron chi connectivity index (χ0n) is 12.1. The molecular weight excluding hydrogens is 288 g/mol. The number of hydrogen-bond donors (Lipinski definition) is 1. The number of para-hydroxylation sites is 2. The van der Waals surface area contributed by atoms with Crippen LogP contribution in [0.25, 0.3) is 21.8 Å². The lowest BCUT2D eigenvalue weighted by atomic mass is 10.1. The normalized spacial score (nSPS) is 10.8. The van der Waals surface area contributed by atoms with Gasteiger partial charge in [-0.15, -0.1) is 0 Å². The monoisotopic (exact) mass is 300 g/mol. The molecule has 0 fully saturated rings. The average Bonchev–Trinajstić information content (AvgIpc) is 2.61. The number of carbonyl (C=O) groups excluding carboxylic acids is 1. The first-order chi connectivity index (χ1) is 11.3. The van der Waals surface area contributed by atoms with Crippen LogP contribution in [-0.4, -0.2) is 20.9 Å². The van der Waals surface area contributed by atoms with Gasteiger partial charge in [0.15, 0.2) is 0 Å². The van der Waals surface area contributed by atoms with Crippen LogP contribution in [0.5, 0.6) is 0 Å². The first-order valence-corrected chi connectivity index (χ1v) is 7.17. The Kier molecular flexibility index (Phi) is 3.16. The van der Waals surface area contributed by atoms with E-state index in [2.05, 4.69) is 20.3 Å². The molecule has 2 heterocycles. The molecule has 4 rings (SSSR count). The van der Waals surface area contributed by atoms with Crippen LogP contribution < -0.4 is 5.32 Å². The fraction of sp³-hybridized carbons (Fsp3) is 0. The standard InChI is InChI=1S/C18H12N4O/c23-17(14-9-12-5-1-3-7-15(12)19-11-14)22-18-20-10-13-6-2-4-8-16(13)21-18/h1-11H,(H,20,21,22,23). The molecule has 0 atom stereocenters. The number of fused-ring (bicyclic) bond motifs is 2. The molecule has 0 aliphatic heterocycles. The summed E-state index contributed by atoms with van der Waals surface area (Å²) in [5, 5.41) is 4.56. The number of amides is 1. The molecule has 2 aromatic heterocycles. The molecule has 110 valence electrons. The predicted octanol–water partition coefficient (Wildman–Crippen LogP) is 3.43. The van der Waals surface area contributed by atoms with Gasteiger partial charge in [0.25, 0.3) is 5.91 Å². The summed E-state index contributed by atoms with van der Waals surface area (Å²) in [6.07, 6.45) is 3.25. The van der Waals surface area contributed by atoms with E-state index in [9.17, 15) is 4.79 Å². The van der Waals surface area contributed by atoms with Crippen LogP contribution in [0.2, 0.25) is 0 Å². The Bertz CT molecular complexity index is 1030. The topological polar surface area (TPSA) is 67.8 Å². The zero-order valence-corrected chi connectivity index (χ0v) is 12.1. The summed E-state index contributed by atoms with van der Waals surface area (Å²) in [6.45, 7) is 0. The number of anilines is 1. The Morgan fingerprint density at radius 2 is 1.57 bits per heavy atom. The van der Waals surface area contributed by atoms with Gasteiger partial charge in [-0.05, 0) is 18.2 Å². The van der Waals surface area contributed by atoms with Crippen molar-refractivity contribution in [1.29, 1.82) is 0 Å². The van der Waals surface area contributed by atoms with Crippen molar-refractivity contribution >= 4 is 33.7 Å². The summed E-state index contributed by atoms with van der Waals surface area (Å²) < 4.78 is 0. The van der Waals surface area contributed by atoms with Gasteiger partial charge in [-0.3, -0.25) is 15.1 Å². The van der Waals surface area contributed by atoms with Gasteiger partial charge in [-0.25, -0.2) is 9.97 Å². The minimum atomic E-state index is -0.279. The molecule has 0 aliphatic rings. The molecule has 1 N–H and O–H groups in total. The highest BCUT2D eigenvalue weighted by Crippen LogP contribution is 2.15. The van der Waals surface area contributed by atoms with Crippen molar-refractivity contribution in [3.63, 3.8) is 0 Å². The Balaban J connectivity index is 1.64. The van der Waals surface area contributed by atoms with Crippen LogP contribution in [0, 0.1) is 0 Å². The molecule has 4 aromatic rings. The highest BCUT2D eigenvalue weighted by atomic mass is 16.1. The zero-order chi connectivity index (χ0) is 15.6. The fourth-order valence-electron chi connectivity index (χ4n) is 2.40. The number of nitrogens with one attached hydrogen (secondary N) is 1. The number of nitrogens with zero attached hydrogens (tertiary/aromatic N) is 3. The van der Waals surface area contributed by atoms with Crippen molar-refractivity contribution in [2.45, 2.75) is 0 Å². The van der Waals surface area contributed by atoms with Crippen molar-refractivity contribution in [3.8, 4) is 0 Å². The molecule has 0 spiro atoms. The second-order valence-corrected chi connectivity index (χ2v) is 5.12. The van der Waals surface area contributed by atoms with E-state index in [-0.39, 0.29) is 11.9 Å². The van der Waals surface area contributed by atoms with E-state index in [0.29, 0.717) is 5.56 Å². The van der Waals surface area contributed by atoms with Gasteiger partial charge in [0.2, 0.25) is 5.95 Å². The lowest BCUT2D eigenvalue weighted by Gasteiger charge is -2.05. The van der Waals surface area contributed by atoms with E-state index in [1.165, 1.54) is 0 Å². The van der Waals surface area contributed by atoms with Crippen LogP contribution >= 0.6 is 0 Å². The second-order valence-electron chi connectivity index (χ2n) is 5.12. The third-order valence-electron chi connectivity index (χ3n) is 3.57. The van der Waals surface area contributed by atoms with Crippen molar-refractivity contribution in [1.82, 2.24) is 15.0 Å². The average molecular weight is 300 g/mol. The highest BCUT2D eigenvalue weighted by molar-refractivity contribution is 6.05. The molecule has 0 saturated carbocycles. The van der Waals surface area contributed by atoms with Crippen LogP contribution in [0.4, 0.5) is 5.95 Å². The maximum absolute atomic E-state index is 12.4. The Hall–Kier alpha value is -3.34. The van der Waals surface area contributed by atoms with Crippen LogP contribution in [-0.2, 0) is 0 Å². The first kappa shape index (κ1) is 13.3. The SMILES string of the molecule is O=C(Nc1ncc2ccccc2n1)c1cnc2ccccc2c1. The molecule has 0 unspecified atom stereocenters. The molecule has 0 bridgehead atoms. The fourth-order valence-corrected chi connectivity index (χ4v) is 2.40.